The zero-order chi connectivity index (χ0) is 26.0. The Morgan fingerprint density at radius 1 is 1.00 bits per heavy atom. The van der Waals surface area contributed by atoms with Gasteiger partial charge in [-0.05, 0) is 23.6 Å². The molecule has 0 radical (unpaired) electrons. The van der Waals surface area contributed by atoms with E-state index < -0.39 is 41.0 Å². The van der Waals surface area contributed by atoms with E-state index in [2.05, 4.69) is 5.32 Å². The van der Waals surface area contributed by atoms with Crippen molar-refractivity contribution in [1.82, 2.24) is 10.2 Å². The SMILES string of the molecule is CC1(O)CS[C@H]2C(NC(=O)Cc3ccccc3)C(=O)N2C1C(=O)OC(c1ccccc1)c1ccccc1. The highest BCUT2D eigenvalue weighted by atomic mass is 32.2. The number of ether oxygens (including phenoxy) is 1. The average Bonchev–Trinajstić information content (AvgIpc) is 2.91. The molecule has 2 aliphatic heterocycles. The summed E-state index contributed by atoms with van der Waals surface area (Å²) in [6.07, 6.45) is -0.544. The number of thioether (sulfide) groups is 1. The number of amides is 2. The lowest BCUT2D eigenvalue weighted by molar-refractivity contribution is -0.180. The number of carbonyl (C=O) groups is 3. The molecule has 7 nitrogen and oxygen atoms in total. The summed E-state index contributed by atoms with van der Waals surface area (Å²) in [5, 5.41) is 13.5. The Bertz CT molecular complexity index is 1230. The number of esters is 1. The molecule has 2 fully saturated rings. The van der Waals surface area contributed by atoms with E-state index in [9.17, 15) is 19.5 Å². The lowest BCUT2D eigenvalue weighted by Crippen LogP contribution is -2.79. The van der Waals surface area contributed by atoms with Crippen LogP contribution in [0.5, 0.6) is 0 Å². The second kappa shape index (κ2) is 10.4. The van der Waals surface area contributed by atoms with Crippen LogP contribution in [0, 0.1) is 0 Å². The fraction of sp³-hybridized carbons (Fsp3) is 0.276. The Hall–Kier alpha value is -3.62. The first-order chi connectivity index (χ1) is 17.8. The Kier molecular flexibility index (Phi) is 7.04. The zero-order valence-electron chi connectivity index (χ0n) is 20.3. The third-order valence-electron chi connectivity index (χ3n) is 6.68. The molecule has 0 spiro atoms. The number of aliphatic hydroxyl groups is 1. The highest BCUT2D eigenvalue weighted by Gasteiger charge is 2.61. The van der Waals surface area contributed by atoms with E-state index in [1.807, 2.05) is 91.0 Å². The van der Waals surface area contributed by atoms with Crippen LogP contribution in [0.1, 0.15) is 29.7 Å². The van der Waals surface area contributed by atoms with Crippen LogP contribution < -0.4 is 5.32 Å². The fourth-order valence-electron chi connectivity index (χ4n) is 4.84. The second-order valence-electron chi connectivity index (χ2n) is 9.55. The van der Waals surface area contributed by atoms with Gasteiger partial charge in [0.1, 0.15) is 17.0 Å². The van der Waals surface area contributed by atoms with Crippen LogP contribution in [0.15, 0.2) is 91.0 Å². The number of β-lactam (4-membered cyclic amide) rings is 1. The summed E-state index contributed by atoms with van der Waals surface area (Å²) >= 11 is 1.35. The van der Waals surface area contributed by atoms with Gasteiger partial charge in [-0.2, -0.15) is 0 Å². The van der Waals surface area contributed by atoms with Gasteiger partial charge in [0.15, 0.2) is 12.1 Å². The molecule has 190 valence electrons. The summed E-state index contributed by atoms with van der Waals surface area (Å²) < 4.78 is 6.00. The minimum Gasteiger partial charge on any atom is -0.451 e. The number of nitrogens with zero attached hydrogens (tertiary/aromatic N) is 1. The summed E-state index contributed by atoms with van der Waals surface area (Å²) in [5.74, 6) is -1.14. The van der Waals surface area contributed by atoms with Crippen molar-refractivity contribution in [1.29, 1.82) is 0 Å². The van der Waals surface area contributed by atoms with E-state index >= 15 is 0 Å². The highest BCUT2D eigenvalue weighted by molar-refractivity contribution is 8.00. The maximum atomic E-state index is 13.6. The molecule has 2 amide bonds. The molecule has 8 heteroatoms. The summed E-state index contributed by atoms with van der Waals surface area (Å²) in [6, 6.07) is 26.0. The first-order valence-electron chi connectivity index (χ1n) is 12.1. The monoisotopic (exact) mass is 516 g/mol. The van der Waals surface area contributed by atoms with Crippen LogP contribution in [-0.4, -0.2) is 56.6 Å². The molecule has 0 bridgehead atoms. The summed E-state index contributed by atoms with van der Waals surface area (Å²) in [5.41, 5.74) is 0.913. The lowest BCUT2D eigenvalue weighted by atomic mass is 9.91. The van der Waals surface area contributed by atoms with Crippen LogP contribution in [0.25, 0.3) is 0 Å². The molecule has 0 aliphatic carbocycles. The third kappa shape index (κ3) is 5.12. The minimum atomic E-state index is -1.50. The summed E-state index contributed by atoms with van der Waals surface area (Å²) in [7, 11) is 0. The van der Waals surface area contributed by atoms with E-state index in [-0.39, 0.29) is 18.1 Å². The number of benzene rings is 3. The van der Waals surface area contributed by atoms with E-state index in [1.54, 1.807) is 0 Å². The molecule has 2 saturated heterocycles. The number of hydrogen-bond acceptors (Lipinski definition) is 6. The Morgan fingerprint density at radius 3 is 2.11 bits per heavy atom. The van der Waals surface area contributed by atoms with Crippen molar-refractivity contribution in [3.05, 3.63) is 108 Å². The fourth-order valence-corrected chi connectivity index (χ4v) is 6.27. The van der Waals surface area contributed by atoms with E-state index in [0.29, 0.717) is 0 Å². The Labute approximate surface area is 219 Å². The molecule has 4 atom stereocenters. The second-order valence-corrected chi connectivity index (χ2v) is 10.7. The number of rotatable bonds is 7. The van der Waals surface area contributed by atoms with Gasteiger partial charge < -0.3 is 20.1 Å². The first kappa shape index (κ1) is 25.0. The highest BCUT2D eigenvalue weighted by Crippen LogP contribution is 2.43. The molecule has 5 rings (SSSR count). The van der Waals surface area contributed by atoms with E-state index in [0.717, 1.165) is 16.7 Å². The summed E-state index contributed by atoms with van der Waals surface area (Å²) in [4.78, 5) is 40.8. The van der Waals surface area contributed by atoms with Crippen LogP contribution in [0.2, 0.25) is 0 Å². The molecule has 0 aromatic heterocycles. The average molecular weight is 517 g/mol. The van der Waals surface area contributed by atoms with Crippen molar-refractivity contribution in [3.63, 3.8) is 0 Å². The van der Waals surface area contributed by atoms with Gasteiger partial charge in [-0.25, -0.2) is 4.79 Å². The predicted molar refractivity (Wildman–Crippen MR) is 140 cm³/mol. The van der Waals surface area contributed by atoms with Crippen molar-refractivity contribution in [2.45, 2.75) is 42.5 Å². The van der Waals surface area contributed by atoms with Crippen LogP contribution in [0.3, 0.4) is 0 Å². The van der Waals surface area contributed by atoms with Crippen LogP contribution in [-0.2, 0) is 25.5 Å². The maximum Gasteiger partial charge on any atom is 0.332 e. The van der Waals surface area contributed by atoms with E-state index in [4.69, 9.17) is 4.74 Å². The minimum absolute atomic E-state index is 0.154. The molecule has 3 unspecified atom stereocenters. The molecule has 2 aliphatic rings. The topological polar surface area (TPSA) is 95.9 Å². The number of carbonyl (C=O) groups excluding carboxylic acids is 3. The van der Waals surface area contributed by atoms with Crippen molar-refractivity contribution in [2.24, 2.45) is 0 Å². The van der Waals surface area contributed by atoms with Crippen molar-refractivity contribution in [2.75, 3.05) is 5.75 Å². The number of fused-ring (bicyclic) bond motifs is 1. The van der Waals surface area contributed by atoms with E-state index in [1.165, 1.54) is 23.6 Å². The van der Waals surface area contributed by atoms with Crippen LogP contribution in [0.4, 0.5) is 0 Å². The molecular formula is C29H28N2O5S. The van der Waals surface area contributed by atoms with Crippen molar-refractivity contribution < 1.29 is 24.2 Å². The van der Waals surface area contributed by atoms with Gasteiger partial charge in [0.2, 0.25) is 11.8 Å². The first-order valence-corrected chi connectivity index (χ1v) is 13.2. The Morgan fingerprint density at radius 2 is 1.54 bits per heavy atom. The van der Waals surface area contributed by atoms with Crippen molar-refractivity contribution in [3.8, 4) is 0 Å². The molecule has 2 heterocycles. The van der Waals surface area contributed by atoms with Crippen molar-refractivity contribution >= 4 is 29.5 Å². The predicted octanol–water partition coefficient (Wildman–Crippen LogP) is 3.08. The Balaban J connectivity index is 1.33. The smallest absolute Gasteiger partial charge is 0.332 e. The van der Waals surface area contributed by atoms with Gasteiger partial charge in [0, 0.05) is 5.75 Å². The molecule has 3 aromatic rings. The van der Waals surface area contributed by atoms with Gasteiger partial charge in [0.25, 0.3) is 0 Å². The summed E-state index contributed by atoms with van der Waals surface area (Å²) in [6.45, 7) is 1.54. The van der Waals surface area contributed by atoms with Gasteiger partial charge in [0.05, 0.1) is 6.42 Å². The largest absolute Gasteiger partial charge is 0.451 e. The molecule has 2 N–H and O–H groups in total. The molecule has 37 heavy (non-hydrogen) atoms. The lowest BCUT2D eigenvalue weighted by Gasteiger charge is -2.56. The molecular weight excluding hydrogens is 488 g/mol. The third-order valence-corrected chi connectivity index (χ3v) is 8.27. The van der Waals surface area contributed by atoms with Gasteiger partial charge >= 0.3 is 5.97 Å². The maximum absolute atomic E-state index is 13.6. The molecule has 3 aromatic carbocycles. The van der Waals surface area contributed by atoms with Crippen LogP contribution >= 0.6 is 11.8 Å². The normalized spacial score (nSPS) is 24.7. The standard InChI is InChI=1S/C29H28N2O5S/c1-29(35)18-37-27-23(30-22(32)17-19-11-5-2-6-12-19)26(33)31(27)25(29)28(34)36-24(20-13-7-3-8-14-20)21-15-9-4-10-16-21/h2-16,23-25,27,35H,17-18H2,1H3,(H,30,32)/t23?,25?,27-,29?/m0/s1. The zero-order valence-corrected chi connectivity index (χ0v) is 21.1. The number of hydrogen-bond donors (Lipinski definition) is 2. The molecule has 0 saturated carbocycles. The number of nitrogens with one attached hydrogen (secondary N) is 1. The van der Waals surface area contributed by atoms with Gasteiger partial charge in [-0.15, -0.1) is 11.8 Å². The van der Waals surface area contributed by atoms with Gasteiger partial charge in [-0.3, -0.25) is 9.59 Å². The quantitative estimate of drug-likeness (QED) is 0.370. The van der Waals surface area contributed by atoms with Gasteiger partial charge in [-0.1, -0.05) is 91.0 Å².